The summed E-state index contributed by atoms with van der Waals surface area (Å²) in [4.78, 5) is 35.2. The number of esters is 1. The summed E-state index contributed by atoms with van der Waals surface area (Å²) in [6.07, 6.45) is 1.39. The van der Waals surface area contributed by atoms with Crippen LogP contribution < -0.4 is 5.32 Å². The van der Waals surface area contributed by atoms with Crippen molar-refractivity contribution in [2.75, 3.05) is 18.4 Å². The Labute approximate surface area is 191 Å². The number of aryl methyl sites for hydroxylation is 1. The second-order valence-corrected chi connectivity index (χ2v) is 9.69. The van der Waals surface area contributed by atoms with Crippen molar-refractivity contribution >= 4 is 33.3 Å². The van der Waals surface area contributed by atoms with Crippen LogP contribution in [0.1, 0.15) is 42.1 Å². The molecular formula is C22H25N3O7S. The fourth-order valence-electron chi connectivity index (χ4n) is 3.44. The fraction of sp³-hybridized carbons (Fsp3) is 0.364. The molecule has 1 N–H and O–H groups in total. The Bertz CT molecular complexity index is 1160. The highest BCUT2D eigenvalue weighted by molar-refractivity contribution is 7.89. The first-order valence-electron chi connectivity index (χ1n) is 10.5. The molecule has 3 rings (SSSR count). The van der Waals surface area contributed by atoms with Crippen molar-refractivity contribution in [1.29, 1.82) is 0 Å². The van der Waals surface area contributed by atoms with Crippen molar-refractivity contribution in [1.82, 2.24) is 4.31 Å². The standard InChI is InChI=1S/C22H25N3O7S/c1-15-6-7-17(14-20(15)33(30,31)24-12-4-3-5-13-24)22(27)32-16(2)21(26)23-18-8-10-19(11-9-18)25(28)29/h6-11,14,16H,3-5,12-13H2,1-2H3,(H,23,26). The molecule has 1 aliphatic heterocycles. The molecule has 1 fully saturated rings. The maximum atomic E-state index is 13.1. The Kier molecular flexibility index (Phi) is 7.44. The summed E-state index contributed by atoms with van der Waals surface area (Å²) in [5.74, 6) is -1.47. The van der Waals surface area contributed by atoms with Gasteiger partial charge in [-0.1, -0.05) is 12.5 Å². The van der Waals surface area contributed by atoms with Crippen LogP contribution in [-0.2, 0) is 19.6 Å². The lowest BCUT2D eigenvalue weighted by Crippen LogP contribution is -2.36. The van der Waals surface area contributed by atoms with E-state index in [9.17, 15) is 28.1 Å². The number of non-ortho nitro benzene ring substituents is 1. The van der Waals surface area contributed by atoms with Crippen LogP contribution in [0.15, 0.2) is 47.4 Å². The van der Waals surface area contributed by atoms with Gasteiger partial charge in [-0.2, -0.15) is 4.31 Å². The highest BCUT2D eigenvalue weighted by Crippen LogP contribution is 2.25. The van der Waals surface area contributed by atoms with Crippen LogP contribution in [0, 0.1) is 17.0 Å². The number of nitro groups is 1. The molecule has 2 aromatic rings. The maximum absolute atomic E-state index is 13.1. The Morgan fingerprint density at radius 1 is 1.09 bits per heavy atom. The molecule has 1 atom stereocenters. The zero-order valence-electron chi connectivity index (χ0n) is 18.3. The quantitative estimate of drug-likeness (QED) is 0.369. The lowest BCUT2D eigenvalue weighted by Gasteiger charge is -2.26. The van der Waals surface area contributed by atoms with Crippen molar-refractivity contribution in [2.45, 2.75) is 44.1 Å². The van der Waals surface area contributed by atoms with Gasteiger partial charge in [-0.05, 0) is 56.5 Å². The minimum absolute atomic E-state index is 0.0196. The smallest absolute Gasteiger partial charge is 0.338 e. The van der Waals surface area contributed by atoms with Gasteiger partial charge in [0.15, 0.2) is 6.10 Å². The Morgan fingerprint density at radius 3 is 2.33 bits per heavy atom. The zero-order chi connectivity index (χ0) is 24.2. The van der Waals surface area contributed by atoms with Crippen LogP contribution in [0.25, 0.3) is 0 Å². The SMILES string of the molecule is Cc1ccc(C(=O)OC(C)C(=O)Nc2ccc([N+](=O)[O-])cc2)cc1S(=O)(=O)N1CCCCC1. The van der Waals surface area contributed by atoms with Crippen LogP contribution in [0.4, 0.5) is 11.4 Å². The first kappa shape index (κ1) is 24.3. The number of carbonyl (C=O) groups excluding carboxylic acids is 2. The van der Waals surface area contributed by atoms with Crippen LogP contribution in [0.5, 0.6) is 0 Å². The van der Waals surface area contributed by atoms with E-state index in [-0.39, 0.29) is 16.1 Å². The van der Waals surface area contributed by atoms with Gasteiger partial charge >= 0.3 is 5.97 Å². The number of ether oxygens (including phenoxy) is 1. The molecule has 1 aliphatic rings. The number of anilines is 1. The Morgan fingerprint density at radius 2 is 1.73 bits per heavy atom. The minimum atomic E-state index is -3.75. The van der Waals surface area contributed by atoms with Gasteiger partial charge in [0.2, 0.25) is 10.0 Å². The largest absolute Gasteiger partial charge is 0.449 e. The third-order valence-electron chi connectivity index (χ3n) is 5.36. The summed E-state index contributed by atoms with van der Waals surface area (Å²) in [6.45, 7) is 3.91. The molecule has 1 unspecified atom stereocenters. The molecule has 33 heavy (non-hydrogen) atoms. The number of rotatable bonds is 7. The van der Waals surface area contributed by atoms with Crippen molar-refractivity contribution in [2.24, 2.45) is 0 Å². The van der Waals surface area contributed by atoms with Crippen LogP contribution in [0.3, 0.4) is 0 Å². The van der Waals surface area contributed by atoms with E-state index in [0.717, 1.165) is 19.3 Å². The molecule has 1 saturated heterocycles. The molecule has 0 spiro atoms. The molecule has 0 radical (unpaired) electrons. The van der Waals surface area contributed by atoms with Crippen molar-refractivity contribution in [3.63, 3.8) is 0 Å². The molecule has 1 amide bonds. The van der Waals surface area contributed by atoms with E-state index in [1.807, 2.05) is 0 Å². The van der Waals surface area contributed by atoms with Crippen molar-refractivity contribution < 1.29 is 27.7 Å². The molecule has 176 valence electrons. The third-order valence-corrected chi connectivity index (χ3v) is 7.40. The lowest BCUT2D eigenvalue weighted by atomic mass is 10.1. The van der Waals surface area contributed by atoms with E-state index in [1.54, 1.807) is 6.92 Å². The van der Waals surface area contributed by atoms with E-state index in [0.29, 0.717) is 24.3 Å². The normalized spacial score (nSPS) is 15.5. The van der Waals surface area contributed by atoms with Gasteiger partial charge in [-0.15, -0.1) is 0 Å². The number of hydrogen-bond acceptors (Lipinski definition) is 7. The van der Waals surface area contributed by atoms with Crippen LogP contribution >= 0.6 is 0 Å². The highest BCUT2D eigenvalue weighted by atomic mass is 32.2. The van der Waals surface area contributed by atoms with Crippen LogP contribution in [0.2, 0.25) is 0 Å². The predicted octanol–water partition coefficient (Wildman–Crippen LogP) is 3.26. The van der Waals surface area contributed by atoms with E-state index in [4.69, 9.17) is 4.74 Å². The number of benzene rings is 2. The summed E-state index contributed by atoms with van der Waals surface area (Å²) < 4.78 is 32.7. The summed E-state index contributed by atoms with van der Waals surface area (Å²) >= 11 is 0. The average molecular weight is 476 g/mol. The average Bonchev–Trinajstić information content (AvgIpc) is 2.80. The Balaban J connectivity index is 1.69. The van der Waals surface area contributed by atoms with E-state index < -0.39 is 32.9 Å². The molecular weight excluding hydrogens is 450 g/mol. The van der Waals surface area contributed by atoms with Gasteiger partial charge < -0.3 is 10.1 Å². The molecule has 0 bridgehead atoms. The third kappa shape index (κ3) is 5.74. The van der Waals surface area contributed by atoms with Gasteiger partial charge in [0, 0.05) is 30.9 Å². The summed E-state index contributed by atoms with van der Waals surface area (Å²) in [7, 11) is -3.75. The monoisotopic (exact) mass is 475 g/mol. The van der Waals surface area contributed by atoms with Gasteiger partial charge in [0.1, 0.15) is 0 Å². The first-order chi connectivity index (χ1) is 15.6. The van der Waals surface area contributed by atoms with E-state index in [2.05, 4.69) is 5.32 Å². The molecule has 0 aliphatic carbocycles. The number of nitrogens with one attached hydrogen (secondary N) is 1. The van der Waals surface area contributed by atoms with Gasteiger partial charge in [0.05, 0.1) is 15.4 Å². The number of sulfonamides is 1. The summed E-state index contributed by atoms with van der Waals surface area (Å²) in [6, 6.07) is 9.47. The topological polar surface area (TPSA) is 136 Å². The second-order valence-electron chi connectivity index (χ2n) is 7.79. The van der Waals surface area contributed by atoms with Gasteiger partial charge in [0.25, 0.3) is 11.6 Å². The number of nitrogens with zero attached hydrogens (tertiary/aromatic N) is 2. The summed E-state index contributed by atoms with van der Waals surface area (Å²) in [5, 5.41) is 13.2. The van der Waals surface area contributed by atoms with Crippen LogP contribution in [-0.4, -0.2) is 48.7 Å². The molecule has 10 nitrogen and oxygen atoms in total. The van der Waals surface area contributed by atoms with Crippen molar-refractivity contribution in [3.8, 4) is 0 Å². The number of amides is 1. The van der Waals surface area contributed by atoms with Crippen molar-refractivity contribution in [3.05, 3.63) is 63.7 Å². The minimum Gasteiger partial charge on any atom is -0.449 e. The predicted molar refractivity (Wildman–Crippen MR) is 120 cm³/mol. The second kappa shape index (κ2) is 10.1. The van der Waals surface area contributed by atoms with E-state index >= 15 is 0 Å². The number of hydrogen-bond donors (Lipinski definition) is 1. The molecule has 11 heteroatoms. The van der Waals surface area contributed by atoms with E-state index in [1.165, 1.54) is 53.7 Å². The fourth-order valence-corrected chi connectivity index (χ4v) is 5.21. The number of nitro benzene ring substituents is 1. The van der Waals surface area contributed by atoms with Gasteiger partial charge in [-0.3, -0.25) is 14.9 Å². The lowest BCUT2D eigenvalue weighted by molar-refractivity contribution is -0.384. The molecule has 0 saturated carbocycles. The molecule has 2 aromatic carbocycles. The number of piperidine rings is 1. The molecule has 0 aromatic heterocycles. The summed E-state index contributed by atoms with van der Waals surface area (Å²) in [5.41, 5.74) is 0.716. The molecule has 1 heterocycles. The maximum Gasteiger partial charge on any atom is 0.338 e. The van der Waals surface area contributed by atoms with Gasteiger partial charge in [-0.25, -0.2) is 13.2 Å². The zero-order valence-corrected chi connectivity index (χ0v) is 19.1. The first-order valence-corrected chi connectivity index (χ1v) is 11.9. The Hall–Kier alpha value is -3.31. The highest BCUT2D eigenvalue weighted by Gasteiger charge is 2.29. The number of carbonyl (C=O) groups is 2.